The summed E-state index contributed by atoms with van der Waals surface area (Å²) in [6.45, 7) is 6.96. The Kier molecular flexibility index (Phi) is 8.13. The molecular weight excluding hydrogens is 464 g/mol. The fraction of sp³-hybridized carbons (Fsp3) is 0.267. The van der Waals surface area contributed by atoms with Gasteiger partial charge in [0.15, 0.2) is 0 Å². The summed E-state index contributed by atoms with van der Waals surface area (Å²) < 4.78 is 6.63. The van der Waals surface area contributed by atoms with Crippen molar-refractivity contribution >= 4 is 11.9 Å². The van der Waals surface area contributed by atoms with E-state index in [1.165, 1.54) is 7.11 Å². The smallest absolute Gasteiger partial charge is 0.305 e. The van der Waals surface area contributed by atoms with E-state index in [4.69, 9.17) is 4.74 Å². The largest absolute Gasteiger partial charge is 0.469 e. The molecule has 0 unspecified atom stereocenters. The zero-order valence-electron chi connectivity index (χ0n) is 21.8. The number of methoxy groups -OCH3 is 1. The Hall–Kier alpha value is -4.26. The van der Waals surface area contributed by atoms with Crippen LogP contribution in [0.3, 0.4) is 0 Å². The van der Waals surface area contributed by atoms with Crippen molar-refractivity contribution in [2.45, 2.75) is 46.7 Å². The number of nitrogens with zero attached hydrogens (tertiary/aromatic N) is 4. The van der Waals surface area contributed by atoms with E-state index >= 15 is 0 Å². The second kappa shape index (κ2) is 11.6. The number of amides is 1. The SMILES string of the molecule is COC(=O)CCc1c(C)nn(-c2ccc(C(=O)N(Cc3cccnc3)Cc3ccccc3C)cc2)c1C. The minimum absolute atomic E-state index is 0.0502. The number of aromatic nitrogens is 3. The highest BCUT2D eigenvalue weighted by Crippen LogP contribution is 2.21. The molecule has 4 rings (SSSR count). The number of benzene rings is 2. The number of ether oxygens (including phenoxy) is 1. The van der Waals surface area contributed by atoms with E-state index < -0.39 is 0 Å². The zero-order valence-corrected chi connectivity index (χ0v) is 21.8. The van der Waals surface area contributed by atoms with E-state index in [0.29, 0.717) is 31.5 Å². The first-order valence-corrected chi connectivity index (χ1v) is 12.3. The maximum Gasteiger partial charge on any atom is 0.305 e. The standard InChI is InChI=1S/C30H32N4O3/c1-21-8-5-6-10-26(21)20-33(19-24-9-7-17-31-18-24)30(36)25-11-13-27(14-12-25)34-23(3)28(22(2)32-34)15-16-29(35)37-4/h5-14,17-18H,15-16,19-20H2,1-4H3. The molecule has 2 aromatic carbocycles. The van der Waals surface area contributed by atoms with Gasteiger partial charge in [-0.1, -0.05) is 30.3 Å². The van der Waals surface area contributed by atoms with Crippen LogP contribution < -0.4 is 0 Å². The van der Waals surface area contributed by atoms with Crippen molar-refractivity contribution in [2.24, 2.45) is 0 Å². The summed E-state index contributed by atoms with van der Waals surface area (Å²) >= 11 is 0. The Labute approximate surface area is 217 Å². The van der Waals surface area contributed by atoms with Crippen LogP contribution in [0.1, 0.15) is 50.4 Å². The third-order valence-electron chi connectivity index (χ3n) is 6.61. The fourth-order valence-corrected chi connectivity index (χ4v) is 4.45. The molecule has 0 spiro atoms. The minimum Gasteiger partial charge on any atom is -0.469 e. The van der Waals surface area contributed by atoms with Gasteiger partial charge in [-0.2, -0.15) is 5.10 Å². The van der Waals surface area contributed by atoms with E-state index in [1.807, 2.05) is 72.0 Å². The van der Waals surface area contributed by atoms with Gasteiger partial charge in [-0.05, 0) is 79.8 Å². The average molecular weight is 497 g/mol. The number of esters is 1. The molecule has 7 heteroatoms. The Morgan fingerprint density at radius 1 is 0.946 bits per heavy atom. The van der Waals surface area contributed by atoms with E-state index in [1.54, 1.807) is 12.4 Å². The lowest BCUT2D eigenvalue weighted by Gasteiger charge is -2.24. The lowest BCUT2D eigenvalue weighted by Crippen LogP contribution is -2.30. The highest BCUT2D eigenvalue weighted by molar-refractivity contribution is 5.94. The van der Waals surface area contributed by atoms with Crippen molar-refractivity contribution in [1.29, 1.82) is 0 Å². The average Bonchev–Trinajstić information content (AvgIpc) is 3.21. The summed E-state index contributed by atoms with van der Waals surface area (Å²) in [6, 6.07) is 19.5. The number of carbonyl (C=O) groups excluding carboxylic acids is 2. The molecule has 0 aliphatic rings. The van der Waals surface area contributed by atoms with Gasteiger partial charge in [0.1, 0.15) is 0 Å². The molecular formula is C30H32N4O3. The first-order valence-electron chi connectivity index (χ1n) is 12.3. The van der Waals surface area contributed by atoms with Crippen LogP contribution in [0.5, 0.6) is 0 Å². The fourth-order valence-electron chi connectivity index (χ4n) is 4.45. The third kappa shape index (κ3) is 6.12. The van der Waals surface area contributed by atoms with Gasteiger partial charge in [-0.25, -0.2) is 4.68 Å². The first-order chi connectivity index (χ1) is 17.9. The predicted molar refractivity (Wildman–Crippen MR) is 142 cm³/mol. The normalized spacial score (nSPS) is 10.8. The monoisotopic (exact) mass is 496 g/mol. The summed E-state index contributed by atoms with van der Waals surface area (Å²) in [5, 5.41) is 4.68. The maximum absolute atomic E-state index is 13.7. The molecule has 0 fully saturated rings. The highest BCUT2D eigenvalue weighted by Gasteiger charge is 2.19. The molecule has 190 valence electrons. The number of pyridine rings is 1. The van der Waals surface area contributed by atoms with Crippen LogP contribution >= 0.6 is 0 Å². The second-order valence-electron chi connectivity index (χ2n) is 9.13. The zero-order chi connectivity index (χ0) is 26.4. The highest BCUT2D eigenvalue weighted by atomic mass is 16.5. The Balaban J connectivity index is 1.57. The molecule has 4 aromatic rings. The molecule has 37 heavy (non-hydrogen) atoms. The van der Waals surface area contributed by atoms with Gasteiger partial charge >= 0.3 is 5.97 Å². The summed E-state index contributed by atoms with van der Waals surface area (Å²) in [7, 11) is 1.40. The van der Waals surface area contributed by atoms with E-state index in [9.17, 15) is 9.59 Å². The number of carbonyl (C=O) groups is 2. The third-order valence-corrected chi connectivity index (χ3v) is 6.61. The quantitative estimate of drug-likeness (QED) is 0.300. The van der Waals surface area contributed by atoms with E-state index in [2.05, 4.69) is 29.1 Å². The molecule has 0 aliphatic carbocycles. The summed E-state index contributed by atoms with van der Waals surface area (Å²) in [6.07, 6.45) is 4.41. The van der Waals surface area contributed by atoms with Crippen LogP contribution in [-0.4, -0.2) is 38.7 Å². The molecule has 0 aliphatic heterocycles. The van der Waals surface area contributed by atoms with Gasteiger partial charge in [0.2, 0.25) is 0 Å². The van der Waals surface area contributed by atoms with Crippen LogP contribution in [0.15, 0.2) is 73.1 Å². The number of hydrogen-bond acceptors (Lipinski definition) is 5. The van der Waals surface area contributed by atoms with Crippen molar-refractivity contribution < 1.29 is 14.3 Å². The van der Waals surface area contributed by atoms with Crippen LogP contribution in [-0.2, 0) is 29.0 Å². The van der Waals surface area contributed by atoms with Crippen molar-refractivity contribution in [2.75, 3.05) is 7.11 Å². The number of rotatable bonds is 9. The van der Waals surface area contributed by atoms with Gasteiger partial charge in [-0.3, -0.25) is 14.6 Å². The van der Waals surface area contributed by atoms with Crippen molar-refractivity contribution in [1.82, 2.24) is 19.7 Å². The molecule has 2 heterocycles. The molecule has 0 saturated carbocycles. The van der Waals surface area contributed by atoms with Gasteiger partial charge in [0.25, 0.3) is 5.91 Å². The summed E-state index contributed by atoms with van der Waals surface area (Å²) in [5.41, 5.74) is 7.58. The molecule has 0 saturated heterocycles. The van der Waals surface area contributed by atoms with Gasteiger partial charge in [-0.15, -0.1) is 0 Å². The molecule has 1 amide bonds. The molecule has 0 radical (unpaired) electrons. The Morgan fingerprint density at radius 3 is 2.38 bits per heavy atom. The molecule has 0 atom stereocenters. The Morgan fingerprint density at radius 2 is 1.70 bits per heavy atom. The van der Waals surface area contributed by atoms with Crippen LogP contribution in [0, 0.1) is 20.8 Å². The van der Waals surface area contributed by atoms with Crippen molar-refractivity contribution in [3.8, 4) is 5.69 Å². The van der Waals surface area contributed by atoms with Crippen molar-refractivity contribution in [3.05, 3.63) is 112 Å². The van der Waals surface area contributed by atoms with Crippen LogP contribution in [0.4, 0.5) is 0 Å². The van der Waals surface area contributed by atoms with Crippen LogP contribution in [0.25, 0.3) is 5.69 Å². The lowest BCUT2D eigenvalue weighted by atomic mass is 10.1. The lowest BCUT2D eigenvalue weighted by molar-refractivity contribution is -0.140. The van der Waals surface area contributed by atoms with Crippen LogP contribution in [0.2, 0.25) is 0 Å². The van der Waals surface area contributed by atoms with E-state index in [-0.39, 0.29) is 11.9 Å². The molecule has 0 N–H and O–H groups in total. The van der Waals surface area contributed by atoms with Gasteiger partial charge < -0.3 is 9.64 Å². The molecule has 0 bridgehead atoms. The molecule has 7 nitrogen and oxygen atoms in total. The van der Waals surface area contributed by atoms with Gasteiger partial charge in [0.05, 0.1) is 18.5 Å². The second-order valence-corrected chi connectivity index (χ2v) is 9.13. The maximum atomic E-state index is 13.7. The number of hydrogen-bond donors (Lipinski definition) is 0. The first kappa shape index (κ1) is 25.8. The topological polar surface area (TPSA) is 77.3 Å². The van der Waals surface area contributed by atoms with Crippen molar-refractivity contribution in [3.63, 3.8) is 0 Å². The summed E-state index contributed by atoms with van der Waals surface area (Å²) in [5.74, 6) is -0.290. The Bertz CT molecular complexity index is 1380. The van der Waals surface area contributed by atoms with E-state index in [0.717, 1.165) is 39.3 Å². The molecule has 2 aromatic heterocycles. The summed E-state index contributed by atoms with van der Waals surface area (Å²) in [4.78, 5) is 31.3. The minimum atomic E-state index is -0.240. The van der Waals surface area contributed by atoms with Gasteiger partial charge in [0, 0.05) is 43.2 Å². The predicted octanol–water partition coefficient (Wildman–Crippen LogP) is 5.14. The number of aryl methyl sites for hydroxylation is 2.